The molecule has 3 aromatic rings. The fraction of sp³-hybridized carbons (Fsp3) is 0.167. The number of carboxylic acid groups (broad SMARTS) is 2. The van der Waals surface area contributed by atoms with Gasteiger partial charge in [0.05, 0.1) is 30.9 Å². The van der Waals surface area contributed by atoms with Crippen molar-refractivity contribution in [1.29, 1.82) is 0 Å². The van der Waals surface area contributed by atoms with Crippen molar-refractivity contribution in [3.8, 4) is 11.5 Å². The average molecular weight is 454 g/mol. The third-order valence-corrected chi connectivity index (χ3v) is 4.07. The van der Waals surface area contributed by atoms with Crippen molar-refractivity contribution in [2.75, 3.05) is 20.0 Å². The lowest BCUT2D eigenvalue weighted by molar-refractivity contribution is -0.104. The van der Waals surface area contributed by atoms with Gasteiger partial charge in [0.25, 0.3) is 0 Å². The molecular weight excluding hydrogens is 428 g/mol. The Morgan fingerprint density at radius 3 is 2.09 bits per heavy atom. The zero-order valence-electron chi connectivity index (χ0n) is 18.7. The van der Waals surface area contributed by atoms with Crippen molar-refractivity contribution in [2.24, 2.45) is 0 Å². The van der Waals surface area contributed by atoms with E-state index in [9.17, 15) is 14.4 Å². The Morgan fingerprint density at radius 2 is 1.61 bits per heavy atom. The second kappa shape index (κ2) is 13.1. The van der Waals surface area contributed by atoms with Crippen LogP contribution < -0.4 is 15.2 Å². The second-order valence-corrected chi connectivity index (χ2v) is 6.46. The number of allylic oxidation sites excluding steroid dienone is 2. The van der Waals surface area contributed by atoms with Gasteiger partial charge in [0.1, 0.15) is 17.8 Å². The van der Waals surface area contributed by atoms with Crippen molar-refractivity contribution >= 4 is 34.8 Å². The van der Waals surface area contributed by atoms with Crippen molar-refractivity contribution in [2.45, 2.75) is 13.8 Å². The van der Waals surface area contributed by atoms with Crippen LogP contribution in [0.3, 0.4) is 0 Å². The molecule has 0 unspecified atom stereocenters. The zero-order chi connectivity index (χ0) is 25.0. The number of rotatable bonds is 5. The third kappa shape index (κ3) is 8.33. The number of hydrogen-bond acceptors (Lipinski definition) is 7. The van der Waals surface area contributed by atoms with Crippen LogP contribution in [0.4, 0.5) is 5.69 Å². The van der Waals surface area contributed by atoms with Crippen LogP contribution in [0.5, 0.6) is 11.5 Å². The molecule has 4 N–H and O–H groups in total. The molecule has 0 atom stereocenters. The smallest absolute Gasteiger partial charge is 0.336 e. The summed E-state index contributed by atoms with van der Waals surface area (Å²) in [5.74, 6) is -1.04. The van der Waals surface area contributed by atoms with Gasteiger partial charge < -0.3 is 25.4 Å². The maximum Gasteiger partial charge on any atom is 0.336 e. The Bertz CT molecular complexity index is 1160. The van der Waals surface area contributed by atoms with E-state index in [-0.39, 0.29) is 11.1 Å². The Kier molecular flexibility index (Phi) is 10.6. The van der Waals surface area contributed by atoms with Crippen molar-refractivity contribution in [3.05, 3.63) is 71.4 Å². The van der Waals surface area contributed by atoms with E-state index in [0.29, 0.717) is 28.1 Å². The Labute approximate surface area is 191 Å². The van der Waals surface area contributed by atoms with E-state index < -0.39 is 11.9 Å². The number of nitrogen functional groups attached to an aromatic ring is 1. The molecule has 0 radical (unpaired) electrons. The Balaban J connectivity index is 0.000000283. The summed E-state index contributed by atoms with van der Waals surface area (Å²) in [6.07, 6.45) is 3.88. The number of carboxylic acids is 2. The first-order chi connectivity index (χ1) is 15.7. The molecule has 3 rings (SSSR count). The van der Waals surface area contributed by atoms with Gasteiger partial charge in [-0.05, 0) is 44.2 Å². The largest absolute Gasteiger partial charge is 0.497 e. The molecule has 0 aliphatic rings. The number of carbonyl (C=O) groups excluding carboxylic acids is 1. The van der Waals surface area contributed by atoms with Gasteiger partial charge in [0, 0.05) is 28.9 Å². The average Bonchev–Trinajstić information content (AvgIpc) is 2.78. The maximum atomic E-state index is 11.1. The first-order valence-corrected chi connectivity index (χ1v) is 9.59. The summed E-state index contributed by atoms with van der Waals surface area (Å²) in [6, 6.07) is 11.1. The van der Waals surface area contributed by atoms with E-state index >= 15 is 0 Å². The monoisotopic (exact) mass is 454 g/mol. The van der Waals surface area contributed by atoms with Crippen LogP contribution >= 0.6 is 0 Å². The molecule has 0 amide bonds. The predicted molar refractivity (Wildman–Crippen MR) is 125 cm³/mol. The van der Waals surface area contributed by atoms with Gasteiger partial charge >= 0.3 is 11.9 Å². The van der Waals surface area contributed by atoms with E-state index in [0.717, 1.165) is 12.0 Å². The number of hydrogen-bond donors (Lipinski definition) is 3. The van der Waals surface area contributed by atoms with Crippen molar-refractivity contribution in [3.63, 3.8) is 0 Å². The van der Waals surface area contributed by atoms with E-state index in [1.54, 1.807) is 37.3 Å². The van der Waals surface area contributed by atoms with Crippen molar-refractivity contribution in [1.82, 2.24) is 4.98 Å². The van der Waals surface area contributed by atoms with E-state index in [1.807, 2.05) is 6.92 Å². The van der Waals surface area contributed by atoms with Crippen LogP contribution in [0.2, 0.25) is 0 Å². The summed E-state index contributed by atoms with van der Waals surface area (Å²) in [6.45, 7) is 3.66. The van der Waals surface area contributed by atoms with Crippen LogP contribution in [-0.2, 0) is 4.79 Å². The second-order valence-electron chi connectivity index (χ2n) is 6.46. The van der Waals surface area contributed by atoms with E-state index in [4.69, 9.17) is 25.4 Å². The summed E-state index contributed by atoms with van der Waals surface area (Å²) in [4.78, 5) is 35.2. The van der Waals surface area contributed by atoms with Crippen LogP contribution in [0.1, 0.15) is 33.3 Å². The highest BCUT2D eigenvalue weighted by atomic mass is 16.5. The number of carbonyl (C=O) groups is 3. The van der Waals surface area contributed by atoms with Crippen LogP contribution in [0, 0.1) is 6.92 Å². The van der Waals surface area contributed by atoms with Gasteiger partial charge in [-0.15, -0.1) is 0 Å². The molecule has 2 aromatic carbocycles. The molecule has 1 aromatic heterocycles. The molecule has 1 heterocycles. The number of anilines is 1. The molecule has 9 heteroatoms. The minimum atomic E-state index is -1.01. The summed E-state index contributed by atoms with van der Waals surface area (Å²) in [5.41, 5.74) is 7.63. The first-order valence-electron chi connectivity index (χ1n) is 9.59. The Hall–Kier alpha value is -4.40. The highest BCUT2D eigenvalue weighted by Gasteiger charge is 2.11. The molecule has 0 spiro atoms. The fourth-order valence-electron chi connectivity index (χ4n) is 2.55. The van der Waals surface area contributed by atoms with Gasteiger partial charge in [0.2, 0.25) is 0 Å². The number of aromatic carboxylic acids is 2. The minimum absolute atomic E-state index is 0.131. The number of fused-ring (bicyclic) bond motifs is 1. The standard InChI is InChI=1S/C12H11NO3.C8H9NO3.C4H6O/c1-7-3-4-9-10(12(14)15)5-8(16-2)6-11(9)13-7;1-12-7-3-5(8(10)11)2-6(9)4-7;1-2-3-4-5/h3-6H,1-2H3,(H,14,15);2-4H,9H2,1H3,(H,10,11);2-4H,1H3/b;;3-2+. The van der Waals surface area contributed by atoms with Gasteiger partial charge in [-0.3, -0.25) is 9.78 Å². The lowest BCUT2D eigenvalue weighted by atomic mass is 10.1. The molecular formula is C24H26N2O7. The quantitative estimate of drug-likeness (QED) is 0.295. The number of ether oxygens (including phenoxy) is 2. The Morgan fingerprint density at radius 1 is 0.970 bits per heavy atom. The van der Waals surface area contributed by atoms with Crippen LogP contribution in [-0.4, -0.2) is 47.6 Å². The lowest BCUT2D eigenvalue weighted by Gasteiger charge is -2.06. The maximum absolute atomic E-state index is 11.1. The molecule has 33 heavy (non-hydrogen) atoms. The summed E-state index contributed by atoms with van der Waals surface area (Å²) in [7, 11) is 2.96. The third-order valence-electron chi connectivity index (χ3n) is 4.07. The predicted octanol–water partition coefficient (Wildman–Crippen LogP) is 3.99. The van der Waals surface area contributed by atoms with Gasteiger partial charge in [-0.2, -0.15) is 0 Å². The number of aromatic nitrogens is 1. The van der Waals surface area contributed by atoms with Gasteiger partial charge in [-0.1, -0.05) is 12.1 Å². The lowest BCUT2D eigenvalue weighted by Crippen LogP contribution is -1.99. The molecule has 0 bridgehead atoms. The molecule has 0 aliphatic heterocycles. The molecule has 174 valence electrons. The highest BCUT2D eigenvalue weighted by Crippen LogP contribution is 2.24. The zero-order valence-corrected chi connectivity index (χ0v) is 18.7. The summed E-state index contributed by atoms with van der Waals surface area (Å²) in [5, 5.41) is 18.3. The van der Waals surface area contributed by atoms with E-state index in [2.05, 4.69) is 4.98 Å². The molecule has 0 saturated carbocycles. The van der Waals surface area contributed by atoms with E-state index in [1.165, 1.54) is 38.5 Å². The first kappa shape index (κ1) is 26.6. The summed E-state index contributed by atoms with van der Waals surface area (Å²) >= 11 is 0. The number of aryl methyl sites for hydroxylation is 1. The fourth-order valence-corrected chi connectivity index (χ4v) is 2.55. The normalized spacial score (nSPS) is 9.82. The highest BCUT2D eigenvalue weighted by molar-refractivity contribution is 6.03. The molecule has 0 aliphatic carbocycles. The molecule has 0 fully saturated rings. The van der Waals surface area contributed by atoms with Crippen molar-refractivity contribution < 1.29 is 34.1 Å². The SMILES string of the molecule is C/C=C/C=O.COc1cc(C(=O)O)c2ccc(C)nc2c1.COc1cc(N)cc(C(=O)O)c1. The van der Waals surface area contributed by atoms with Crippen LogP contribution in [0.25, 0.3) is 10.9 Å². The number of nitrogens with two attached hydrogens (primary N) is 1. The minimum Gasteiger partial charge on any atom is -0.497 e. The summed E-state index contributed by atoms with van der Waals surface area (Å²) < 4.78 is 9.89. The number of nitrogens with zero attached hydrogens (tertiary/aromatic N) is 1. The number of methoxy groups -OCH3 is 2. The topological polar surface area (TPSA) is 149 Å². The van der Waals surface area contributed by atoms with Gasteiger partial charge in [-0.25, -0.2) is 9.59 Å². The molecule has 9 nitrogen and oxygen atoms in total. The number of aldehydes is 1. The molecule has 0 saturated heterocycles. The van der Waals surface area contributed by atoms with Crippen LogP contribution in [0.15, 0.2) is 54.6 Å². The number of benzene rings is 2. The van der Waals surface area contributed by atoms with Gasteiger partial charge in [0.15, 0.2) is 0 Å². The number of pyridine rings is 1.